The van der Waals surface area contributed by atoms with Crippen LogP contribution in [-0.4, -0.2) is 41.6 Å². The van der Waals surface area contributed by atoms with Gasteiger partial charge in [-0.25, -0.2) is 4.98 Å². The molecule has 0 spiro atoms. The number of thioether (sulfide) groups is 1. The van der Waals surface area contributed by atoms with E-state index in [2.05, 4.69) is 19.1 Å². The van der Waals surface area contributed by atoms with Crippen molar-refractivity contribution in [3.63, 3.8) is 0 Å². The summed E-state index contributed by atoms with van der Waals surface area (Å²) in [5, 5.41) is 0.163. The summed E-state index contributed by atoms with van der Waals surface area (Å²) in [6.45, 7) is 1.81. The summed E-state index contributed by atoms with van der Waals surface area (Å²) in [6.07, 6.45) is 3.48. The zero-order chi connectivity index (χ0) is 21.1. The van der Waals surface area contributed by atoms with Crippen LogP contribution < -0.4 is 4.18 Å². The lowest BCUT2D eigenvalue weighted by molar-refractivity contribution is -0.0501. The first-order valence-electron chi connectivity index (χ1n) is 8.90. The van der Waals surface area contributed by atoms with Gasteiger partial charge in [0.2, 0.25) is 5.88 Å². The molecule has 1 aromatic heterocycles. The van der Waals surface area contributed by atoms with Crippen molar-refractivity contribution in [1.29, 1.82) is 0 Å². The van der Waals surface area contributed by atoms with Crippen molar-refractivity contribution in [3.8, 4) is 5.88 Å². The second-order valence-electron chi connectivity index (χ2n) is 6.58. The quantitative estimate of drug-likeness (QED) is 0.299. The highest BCUT2D eigenvalue weighted by atomic mass is 32.2. The van der Waals surface area contributed by atoms with Gasteiger partial charge in [-0.2, -0.15) is 26.6 Å². The largest absolute Gasteiger partial charge is 0.534 e. The third kappa shape index (κ3) is 5.40. The van der Waals surface area contributed by atoms with Crippen molar-refractivity contribution in [3.05, 3.63) is 47.2 Å². The molecule has 6 nitrogen and oxygen atoms in total. The molecule has 0 fully saturated rings. The van der Waals surface area contributed by atoms with E-state index in [0.717, 1.165) is 30.3 Å². The average molecular weight is 448 g/mol. The molecule has 2 heterocycles. The van der Waals surface area contributed by atoms with Crippen molar-refractivity contribution in [2.75, 3.05) is 12.8 Å². The van der Waals surface area contributed by atoms with Gasteiger partial charge in [0.15, 0.2) is 5.16 Å². The van der Waals surface area contributed by atoms with Crippen LogP contribution in [-0.2, 0) is 29.6 Å². The zero-order valence-electron chi connectivity index (χ0n) is 15.6. The summed E-state index contributed by atoms with van der Waals surface area (Å²) in [7, 11) is -5.81. The molecule has 29 heavy (non-hydrogen) atoms. The van der Waals surface area contributed by atoms with E-state index in [9.17, 15) is 21.6 Å². The summed E-state index contributed by atoms with van der Waals surface area (Å²) in [4.78, 5) is 10.5. The monoisotopic (exact) mass is 447 g/mol. The Morgan fingerprint density at radius 2 is 1.90 bits per heavy atom. The van der Waals surface area contributed by atoms with Crippen molar-refractivity contribution < 1.29 is 25.8 Å². The number of hydrogen-bond acceptors (Lipinski definition) is 7. The Hall–Kier alpha value is -1.85. The first kappa shape index (κ1) is 21.8. The highest BCUT2D eigenvalue weighted by molar-refractivity contribution is 7.98. The average Bonchev–Trinajstić information content (AvgIpc) is 2.63. The minimum atomic E-state index is -5.81. The van der Waals surface area contributed by atoms with E-state index in [1.807, 2.05) is 30.3 Å². The van der Waals surface area contributed by atoms with E-state index in [1.165, 1.54) is 0 Å². The molecule has 0 saturated carbocycles. The Bertz CT molecular complexity index is 954. The van der Waals surface area contributed by atoms with Crippen LogP contribution in [0.15, 0.2) is 35.5 Å². The Labute approximate surface area is 171 Å². The maximum Gasteiger partial charge on any atom is 0.534 e. The van der Waals surface area contributed by atoms with E-state index < -0.39 is 21.5 Å². The van der Waals surface area contributed by atoms with Gasteiger partial charge in [-0.1, -0.05) is 42.1 Å². The van der Waals surface area contributed by atoms with Crippen LogP contribution in [0.2, 0.25) is 0 Å². The summed E-state index contributed by atoms with van der Waals surface area (Å²) < 4.78 is 65.9. The van der Waals surface area contributed by atoms with Crippen molar-refractivity contribution in [2.24, 2.45) is 0 Å². The van der Waals surface area contributed by atoms with Gasteiger partial charge in [0.05, 0.1) is 5.69 Å². The Morgan fingerprint density at radius 1 is 1.17 bits per heavy atom. The first-order valence-corrected chi connectivity index (χ1v) is 11.5. The van der Waals surface area contributed by atoms with Crippen LogP contribution in [0, 0.1) is 0 Å². The molecule has 0 atom stereocenters. The smallest absolute Gasteiger partial charge is 0.355 e. The SMILES string of the molecule is CSc1nc2c(c(OS(=O)(=O)C(F)(F)F)n1)CCCCN(Cc1ccccc1)C2. The Balaban J connectivity index is 1.95. The summed E-state index contributed by atoms with van der Waals surface area (Å²) >= 11 is 1.11. The number of hydrogen-bond donors (Lipinski definition) is 0. The lowest BCUT2D eigenvalue weighted by Crippen LogP contribution is -2.30. The van der Waals surface area contributed by atoms with E-state index >= 15 is 0 Å². The molecule has 11 heteroatoms. The normalized spacial score (nSPS) is 16.0. The highest BCUT2D eigenvalue weighted by Gasteiger charge is 2.49. The molecule has 0 amide bonds. The second-order valence-corrected chi connectivity index (χ2v) is 8.89. The molecule has 1 aliphatic rings. The predicted molar refractivity (Wildman–Crippen MR) is 103 cm³/mol. The molecule has 0 saturated heterocycles. The maximum absolute atomic E-state index is 12.8. The lowest BCUT2D eigenvalue weighted by atomic mass is 10.0. The van der Waals surface area contributed by atoms with Gasteiger partial charge >= 0.3 is 15.6 Å². The maximum atomic E-state index is 12.8. The molecule has 0 bridgehead atoms. The van der Waals surface area contributed by atoms with Crippen molar-refractivity contribution >= 4 is 21.9 Å². The van der Waals surface area contributed by atoms with Crippen LogP contribution in [0.25, 0.3) is 0 Å². The Kier molecular flexibility index (Phi) is 6.69. The predicted octanol–water partition coefficient (Wildman–Crippen LogP) is 3.77. The fourth-order valence-corrected chi connectivity index (χ4v) is 3.90. The van der Waals surface area contributed by atoms with Crippen LogP contribution >= 0.6 is 11.8 Å². The molecule has 1 aliphatic heterocycles. The van der Waals surface area contributed by atoms with Crippen LogP contribution in [0.3, 0.4) is 0 Å². The molecular weight excluding hydrogens is 427 g/mol. The second kappa shape index (κ2) is 8.88. The van der Waals surface area contributed by atoms with Gasteiger partial charge < -0.3 is 4.18 Å². The van der Waals surface area contributed by atoms with Crippen LogP contribution in [0.1, 0.15) is 29.7 Å². The zero-order valence-corrected chi connectivity index (χ0v) is 17.3. The van der Waals surface area contributed by atoms with Crippen molar-refractivity contribution in [2.45, 2.75) is 43.0 Å². The fourth-order valence-electron chi connectivity index (χ4n) is 3.08. The van der Waals surface area contributed by atoms with E-state index in [4.69, 9.17) is 0 Å². The number of rotatable bonds is 5. The fraction of sp³-hybridized carbons (Fsp3) is 0.444. The summed E-state index contributed by atoms with van der Waals surface area (Å²) in [5.41, 5.74) is -3.61. The topological polar surface area (TPSA) is 72.4 Å². The number of fused-ring (bicyclic) bond motifs is 1. The van der Waals surface area contributed by atoms with E-state index in [1.54, 1.807) is 6.26 Å². The molecule has 0 unspecified atom stereocenters. The third-order valence-corrected chi connectivity index (χ3v) is 5.95. The van der Waals surface area contributed by atoms with E-state index in [-0.39, 0.29) is 5.16 Å². The van der Waals surface area contributed by atoms with Gasteiger partial charge in [-0.3, -0.25) is 4.90 Å². The lowest BCUT2D eigenvalue weighted by Gasteiger charge is -2.26. The first-order chi connectivity index (χ1) is 13.7. The molecule has 0 radical (unpaired) electrons. The molecule has 1 aromatic carbocycles. The number of halogens is 3. The van der Waals surface area contributed by atoms with Gasteiger partial charge in [0, 0.05) is 18.7 Å². The molecule has 2 aromatic rings. The Morgan fingerprint density at radius 3 is 2.55 bits per heavy atom. The van der Waals surface area contributed by atoms with E-state index in [0.29, 0.717) is 37.2 Å². The van der Waals surface area contributed by atoms with Gasteiger partial charge in [0.25, 0.3) is 0 Å². The third-order valence-electron chi connectivity index (χ3n) is 4.46. The number of alkyl halides is 3. The van der Waals surface area contributed by atoms with Crippen LogP contribution in [0.5, 0.6) is 5.88 Å². The number of benzene rings is 1. The molecule has 0 aliphatic carbocycles. The van der Waals surface area contributed by atoms with Gasteiger partial charge in [-0.15, -0.1) is 0 Å². The summed E-state index contributed by atoms with van der Waals surface area (Å²) in [5.74, 6) is -0.529. The number of nitrogens with zero attached hydrogens (tertiary/aromatic N) is 3. The van der Waals surface area contributed by atoms with Gasteiger partial charge in [-0.05, 0) is 37.6 Å². The molecule has 3 rings (SSSR count). The standard InChI is InChI=1S/C18H20F3N3O3S2/c1-28-17-22-15-12-24(11-13-7-3-2-4-8-13)10-6-5-9-14(15)16(23-17)27-29(25,26)18(19,20)21/h2-4,7-8H,5-6,9-12H2,1H3. The molecule has 0 N–H and O–H groups in total. The minimum Gasteiger partial charge on any atom is -0.355 e. The van der Waals surface area contributed by atoms with Crippen LogP contribution in [0.4, 0.5) is 13.2 Å². The van der Waals surface area contributed by atoms with Gasteiger partial charge in [0.1, 0.15) is 0 Å². The summed E-state index contributed by atoms with van der Waals surface area (Å²) in [6, 6.07) is 9.80. The van der Waals surface area contributed by atoms with Crippen molar-refractivity contribution in [1.82, 2.24) is 14.9 Å². The molecular formula is C18H20F3N3O3S2. The number of aromatic nitrogens is 2. The molecule has 158 valence electrons. The minimum absolute atomic E-state index is 0.163. The highest BCUT2D eigenvalue weighted by Crippen LogP contribution is 2.32.